The highest BCUT2D eigenvalue weighted by Crippen LogP contribution is 2.29. The molecule has 1 atom stereocenters. The van der Waals surface area contributed by atoms with Gasteiger partial charge in [0.1, 0.15) is 4.21 Å². The van der Waals surface area contributed by atoms with Gasteiger partial charge >= 0.3 is 0 Å². The van der Waals surface area contributed by atoms with E-state index in [0.29, 0.717) is 28.7 Å². The molecule has 0 saturated carbocycles. The normalized spacial score (nSPS) is 18.6. The number of thiophene rings is 1. The van der Waals surface area contributed by atoms with Gasteiger partial charge in [0.15, 0.2) is 0 Å². The molecule has 1 N–H and O–H groups in total. The predicted octanol–water partition coefficient (Wildman–Crippen LogP) is 3.65. The molecule has 1 aliphatic heterocycles. The lowest BCUT2D eigenvalue weighted by Crippen LogP contribution is -2.45. The third kappa shape index (κ3) is 4.65. The molecule has 1 aromatic heterocycles. The van der Waals surface area contributed by atoms with Crippen LogP contribution in [-0.2, 0) is 21.4 Å². The number of nitrogens with zero attached hydrogens (tertiary/aromatic N) is 1. The molecule has 0 bridgehead atoms. The Morgan fingerprint density at radius 1 is 1.23 bits per heavy atom. The summed E-state index contributed by atoms with van der Waals surface area (Å²) in [5, 5.41) is 5.28. The van der Waals surface area contributed by atoms with Crippen LogP contribution in [0.15, 0.2) is 46.0 Å². The number of amides is 1. The van der Waals surface area contributed by atoms with Crippen molar-refractivity contribution in [1.29, 1.82) is 0 Å². The molecule has 0 aliphatic carbocycles. The lowest BCUT2D eigenvalue weighted by Gasteiger charge is -2.34. The standard InChI is InChI=1S/C18H21ClN2O3S2/c19-15-8-6-14(7-9-15)13-20-17(22)12-16-4-1-2-10-21(16)26(23,24)18-5-3-11-25-18/h3,5-9,11,16H,1-2,4,10,12-13H2,(H,20,22). The molecule has 140 valence electrons. The van der Waals surface area contributed by atoms with E-state index in [0.717, 1.165) is 18.4 Å². The number of benzene rings is 1. The van der Waals surface area contributed by atoms with Crippen molar-refractivity contribution in [3.8, 4) is 0 Å². The van der Waals surface area contributed by atoms with Crippen LogP contribution in [0.2, 0.25) is 5.02 Å². The molecule has 26 heavy (non-hydrogen) atoms. The van der Waals surface area contributed by atoms with Crippen molar-refractivity contribution < 1.29 is 13.2 Å². The highest BCUT2D eigenvalue weighted by molar-refractivity contribution is 7.91. The molecule has 1 amide bonds. The highest BCUT2D eigenvalue weighted by atomic mass is 35.5. The number of hydrogen-bond acceptors (Lipinski definition) is 4. The van der Waals surface area contributed by atoms with E-state index in [2.05, 4.69) is 5.32 Å². The van der Waals surface area contributed by atoms with Gasteiger partial charge in [-0.3, -0.25) is 4.79 Å². The van der Waals surface area contributed by atoms with Crippen molar-refractivity contribution in [1.82, 2.24) is 9.62 Å². The van der Waals surface area contributed by atoms with Crippen LogP contribution in [0.1, 0.15) is 31.2 Å². The topological polar surface area (TPSA) is 66.5 Å². The fraction of sp³-hybridized carbons (Fsp3) is 0.389. The van der Waals surface area contributed by atoms with Crippen molar-refractivity contribution in [3.63, 3.8) is 0 Å². The number of piperidine rings is 1. The van der Waals surface area contributed by atoms with E-state index in [1.165, 1.54) is 15.6 Å². The summed E-state index contributed by atoms with van der Waals surface area (Å²) in [6.07, 6.45) is 2.65. The van der Waals surface area contributed by atoms with Crippen LogP contribution < -0.4 is 5.32 Å². The number of carbonyl (C=O) groups is 1. The Bertz CT molecular complexity index is 836. The lowest BCUT2D eigenvalue weighted by molar-refractivity contribution is -0.122. The van der Waals surface area contributed by atoms with E-state index in [-0.39, 0.29) is 18.4 Å². The van der Waals surface area contributed by atoms with Crippen LogP contribution in [0.3, 0.4) is 0 Å². The second kappa shape index (κ2) is 8.52. The Kier molecular flexibility index (Phi) is 6.34. The monoisotopic (exact) mass is 412 g/mol. The molecule has 3 rings (SSSR count). The lowest BCUT2D eigenvalue weighted by atomic mass is 10.0. The average Bonchev–Trinajstić information content (AvgIpc) is 3.17. The van der Waals surface area contributed by atoms with E-state index in [9.17, 15) is 13.2 Å². The minimum Gasteiger partial charge on any atom is -0.352 e. The quantitative estimate of drug-likeness (QED) is 0.787. The van der Waals surface area contributed by atoms with Gasteiger partial charge in [-0.05, 0) is 42.0 Å². The van der Waals surface area contributed by atoms with Crippen LogP contribution in [0.5, 0.6) is 0 Å². The second-order valence-corrected chi connectivity index (χ2v) is 9.81. The molecule has 5 nitrogen and oxygen atoms in total. The molecular formula is C18H21ClN2O3S2. The van der Waals surface area contributed by atoms with E-state index in [1.54, 1.807) is 29.6 Å². The molecule has 2 heterocycles. The molecule has 0 radical (unpaired) electrons. The SMILES string of the molecule is O=C(CC1CCCCN1S(=O)(=O)c1cccs1)NCc1ccc(Cl)cc1. The Balaban J connectivity index is 1.63. The minimum atomic E-state index is -3.53. The molecule has 8 heteroatoms. The number of hydrogen-bond donors (Lipinski definition) is 1. The van der Waals surface area contributed by atoms with Crippen LogP contribution in [0, 0.1) is 0 Å². The number of halogens is 1. The Labute approximate surface area is 163 Å². The van der Waals surface area contributed by atoms with E-state index in [4.69, 9.17) is 11.6 Å². The smallest absolute Gasteiger partial charge is 0.252 e. The average molecular weight is 413 g/mol. The first-order valence-electron chi connectivity index (χ1n) is 8.53. The van der Waals surface area contributed by atoms with Gasteiger partial charge in [0, 0.05) is 30.6 Å². The molecule has 1 fully saturated rings. The summed E-state index contributed by atoms with van der Waals surface area (Å²) < 4.78 is 27.5. The van der Waals surface area contributed by atoms with Gasteiger partial charge in [-0.15, -0.1) is 11.3 Å². The summed E-state index contributed by atoms with van der Waals surface area (Å²) in [6.45, 7) is 0.871. The maximum Gasteiger partial charge on any atom is 0.252 e. The zero-order valence-electron chi connectivity index (χ0n) is 14.2. The summed E-state index contributed by atoms with van der Waals surface area (Å²) in [7, 11) is -3.53. The predicted molar refractivity (Wildman–Crippen MR) is 104 cm³/mol. The number of rotatable bonds is 6. The van der Waals surface area contributed by atoms with E-state index < -0.39 is 10.0 Å². The number of carbonyl (C=O) groups excluding carboxylic acids is 1. The summed E-state index contributed by atoms with van der Waals surface area (Å²) in [5.41, 5.74) is 0.953. The summed E-state index contributed by atoms with van der Waals surface area (Å²) >= 11 is 7.07. The zero-order chi connectivity index (χ0) is 18.6. The molecule has 1 saturated heterocycles. The van der Waals surface area contributed by atoms with Crippen molar-refractivity contribution in [2.45, 2.75) is 42.5 Å². The number of sulfonamides is 1. The first-order valence-corrected chi connectivity index (χ1v) is 11.2. The van der Waals surface area contributed by atoms with E-state index in [1.807, 2.05) is 12.1 Å². The van der Waals surface area contributed by atoms with Gasteiger partial charge in [-0.1, -0.05) is 36.2 Å². The fourth-order valence-corrected chi connectivity index (χ4v) is 6.05. The van der Waals surface area contributed by atoms with Crippen molar-refractivity contribution in [2.24, 2.45) is 0 Å². The van der Waals surface area contributed by atoms with Gasteiger partial charge in [-0.25, -0.2) is 8.42 Å². The largest absolute Gasteiger partial charge is 0.352 e. The van der Waals surface area contributed by atoms with Crippen LogP contribution in [-0.4, -0.2) is 31.2 Å². The Morgan fingerprint density at radius 2 is 2.00 bits per heavy atom. The second-order valence-electron chi connectivity index (χ2n) is 6.30. The zero-order valence-corrected chi connectivity index (χ0v) is 16.6. The van der Waals surface area contributed by atoms with Crippen LogP contribution >= 0.6 is 22.9 Å². The molecule has 1 aliphatic rings. The third-order valence-electron chi connectivity index (χ3n) is 4.46. The van der Waals surface area contributed by atoms with Gasteiger partial charge in [0.2, 0.25) is 5.91 Å². The Hall–Kier alpha value is -1.41. The minimum absolute atomic E-state index is 0.141. The highest BCUT2D eigenvalue weighted by Gasteiger charge is 2.35. The number of nitrogens with one attached hydrogen (secondary N) is 1. The molecule has 1 aromatic carbocycles. The van der Waals surface area contributed by atoms with Crippen LogP contribution in [0.4, 0.5) is 0 Å². The van der Waals surface area contributed by atoms with Crippen molar-refractivity contribution in [2.75, 3.05) is 6.54 Å². The van der Waals surface area contributed by atoms with Crippen molar-refractivity contribution >= 4 is 38.9 Å². The van der Waals surface area contributed by atoms with Gasteiger partial charge < -0.3 is 5.32 Å². The maximum absolute atomic E-state index is 12.8. The maximum atomic E-state index is 12.8. The fourth-order valence-electron chi connectivity index (χ4n) is 3.11. The van der Waals surface area contributed by atoms with Crippen molar-refractivity contribution in [3.05, 3.63) is 52.4 Å². The molecular weight excluding hydrogens is 392 g/mol. The third-order valence-corrected chi connectivity index (χ3v) is 8.03. The van der Waals surface area contributed by atoms with Crippen LogP contribution in [0.25, 0.3) is 0 Å². The summed E-state index contributed by atoms with van der Waals surface area (Å²) in [4.78, 5) is 12.4. The van der Waals surface area contributed by atoms with Gasteiger partial charge in [0.05, 0.1) is 0 Å². The molecule has 1 unspecified atom stereocenters. The molecule has 0 spiro atoms. The first kappa shape index (κ1) is 19.4. The Morgan fingerprint density at radius 3 is 2.69 bits per heavy atom. The van der Waals surface area contributed by atoms with E-state index >= 15 is 0 Å². The van der Waals surface area contributed by atoms with Gasteiger partial charge in [0.25, 0.3) is 10.0 Å². The summed E-state index contributed by atoms with van der Waals surface area (Å²) in [6, 6.07) is 10.3. The summed E-state index contributed by atoms with van der Waals surface area (Å²) in [5.74, 6) is -0.141. The molecule has 2 aromatic rings. The van der Waals surface area contributed by atoms with Gasteiger partial charge in [-0.2, -0.15) is 4.31 Å². The first-order chi connectivity index (χ1) is 12.5.